The number of aliphatic hydroxyl groups excluding tert-OH is 1. The number of thiazole rings is 1. The van der Waals surface area contributed by atoms with Crippen molar-refractivity contribution >= 4 is 17.3 Å². The molecule has 1 atom stereocenters. The van der Waals surface area contributed by atoms with Gasteiger partial charge in [0.05, 0.1) is 10.7 Å². The molecule has 1 unspecified atom stereocenters. The van der Waals surface area contributed by atoms with Crippen molar-refractivity contribution < 1.29 is 5.11 Å². The molecule has 0 radical (unpaired) electrons. The summed E-state index contributed by atoms with van der Waals surface area (Å²) in [5.74, 6) is 1.93. The third-order valence-corrected chi connectivity index (χ3v) is 4.81. The fourth-order valence-electron chi connectivity index (χ4n) is 2.63. The van der Waals surface area contributed by atoms with E-state index < -0.39 is 0 Å². The van der Waals surface area contributed by atoms with Gasteiger partial charge in [-0.05, 0) is 38.0 Å². The molecule has 3 N–H and O–H groups in total. The fraction of sp³-hybridized carbons (Fsp3) is 0.778. The quantitative estimate of drug-likeness (QED) is 0.422. The molecule has 1 rings (SSSR count). The summed E-state index contributed by atoms with van der Waals surface area (Å²) in [5.41, 5.74) is 1.15. The molecule has 1 heterocycles. The van der Waals surface area contributed by atoms with Crippen molar-refractivity contribution in [2.75, 3.05) is 26.2 Å². The second-order valence-corrected chi connectivity index (χ2v) is 7.43. The molecule has 0 saturated heterocycles. The number of hydrogen-bond donors (Lipinski definition) is 3. The Morgan fingerprint density at radius 1 is 1.33 bits per heavy atom. The molecule has 0 aliphatic carbocycles. The summed E-state index contributed by atoms with van der Waals surface area (Å²) >= 11 is 1.74. The lowest BCUT2D eigenvalue weighted by Gasteiger charge is -2.17. The molecule has 0 fully saturated rings. The van der Waals surface area contributed by atoms with Gasteiger partial charge in [-0.2, -0.15) is 0 Å². The van der Waals surface area contributed by atoms with E-state index >= 15 is 0 Å². The average molecular weight is 355 g/mol. The van der Waals surface area contributed by atoms with Crippen LogP contribution in [0.3, 0.4) is 0 Å². The van der Waals surface area contributed by atoms with Crippen molar-refractivity contribution in [2.24, 2.45) is 16.8 Å². The van der Waals surface area contributed by atoms with E-state index in [9.17, 15) is 5.11 Å². The van der Waals surface area contributed by atoms with Crippen LogP contribution < -0.4 is 10.6 Å². The molecule has 1 aromatic heterocycles. The van der Waals surface area contributed by atoms with Gasteiger partial charge in [0.1, 0.15) is 0 Å². The molecule has 0 spiro atoms. The van der Waals surface area contributed by atoms with E-state index in [1.165, 1.54) is 5.01 Å². The Kier molecular flexibility index (Phi) is 10.7. The molecule has 24 heavy (non-hydrogen) atoms. The van der Waals surface area contributed by atoms with Crippen LogP contribution in [-0.4, -0.2) is 42.3 Å². The topological polar surface area (TPSA) is 69.5 Å². The van der Waals surface area contributed by atoms with Gasteiger partial charge in [0.25, 0.3) is 0 Å². The van der Waals surface area contributed by atoms with Gasteiger partial charge in [0.2, 0.25) is 0 Å². The van der Waals surface area contributed by atoms with Crippen LogP contribution in [-0.2, 0) is 12.8 Å². The first kappa shape index (κ1) is 20.9. The highest BCUT2D eigenvalue weighted by Crippen LogP contribution is 2.15. The van der Waals surface area contributed by atoms with Crippen molar-refractivity contribution in [3.05, 3.63) is 16.1 Å². The molecule has 0 aromatic carbocycles. The number of aryl methyl sites for hydroxylation is 1. The van der Waals surface area contributed by atoms with E-state index in [4.69, 9.17) is 4.99 Å². The van der Waals surface area contributed by atoms with E-state index in [2.05, 4.69) is 48.7 Å². The maximum Gasteiger partial charge on any atom is 0.191 e. The van der Waals surface area contributed by atoms with Gasteiger partial charge in [-0.15, -0.1) is 11.3 Å². The lowest BCUT2D eigenvalue weighted by atomic mass is 9.94. The smallest absolute Gasteiger partial charge is 0.191 e. The zero-order chi connectivity index (χ0) is 17.8. The number of nitrogens with zero attached hydrogens (tertiary/aromatic N) is 2. The van der Waals surface area contributed by atoms with Gasteiger partial charge in [0.15, 0.2) is 5.96 Å². The number of aliphatic hydroxyl groups is 1. The van der Waals surface area contributed by atoms with Crippen LogP contribution in [0.4, 0.5) is 0 Å². The Bertz CT molecular complexity index is 473. The monoisotopic (exact) mass is 354 g/mol. The summed E-state index contributed by atoms with van der Waals surface area (Å²) in [6.07, 6.45) is 3.83. The van der Waals surface area contributed by atoms with E-state index in [-0.39, 0.29) is 6.61 Å². The zero-order valence-electron chi connectivity index (χ0n) is 15.6. The minimum atomic E-state index is 0.237. The van der Waals surface area contributed by atoms with Gasteiger partial charge >= 0.3 is 0 Å². The number of rotatable bonds is 11. The van der Waals surface area contributed by atoms with Gasteiger partial charge in [-0.25, -0.2) is 4.98 Å². The Morgan fingerprint density at radius 2 is 2.12 bits per heavy atom. The number of nitrogens with one attached hydrogen (secondary N) is 2. The average Bonchev–Trinajstić information content (AvgIpc) is 3.00. The molecule has 0 aliphatic rings. The molecule has 1 aromatic rings. The van der Waals surface area contributed by atoms with Crippen LogP contribution in [0.2, 0.25) is 0 Å². The number of aliphatic imine (C=N–C) groups is 1. The van der Waals surface area contributed by atoms with Crippen LogP contribution in [0, 0.1) is 11.8 Å². The summed E-state index contributed by atoms with van der Waals surface area (Å²) in [6, 6.07) is 0. The summed E-state index contributed by atoms with van der Waals surface area (Å²) in [6.45, 7) is 11.3. The standard InChI is InChI=1S/C18H34N4OS/c1-5-17-22-16(13-24-17)7-9-20-18(19-6-2)21-12-15(8-10-23)11-14(3)4/h13-15,23H,5-12H2,1-4H3,(H2,19,20,21). The molecule has 0 amide bonds. The van der Waals surface area contributed by atoms with Crippen LogP contribution >= 0.6 is 11.3 Å². The molecule has 5 nitrogen and oxygen atoms in total. The van der Waals surface area contributed by atoms with Crippen LogP contribution in [0.1, 0.15) is 51.2 Å². The lowest BCUT2D eigenvalue weighted by molar-refractivity contribution is 0.245. The van der Waals surface area contributed by atoms with Crippen LogP contribution in [0.15, 0.2) is 10.4 Å². The summed E-state index contributed by atoms with van der Waals surface area (Å²) in [5, 5.41) is 19.2. The highest BCUT2D eigenvalue weighted by Gasteiger charge is 2.10. The Labute approximate surface area is 151 Å². The first-order valence-corrected chi connectivity index (χ1v) is 10.0. The Hall–Kier alpha value is -1.14. The first-order chi connectivity index (χ1) is 11.6. The van der Waals surface area contributed by atoms with Crippen LogP contribution in [0.25, 0.3) is 0 Å². The van der Waals surface area contributed by atoms with E-state index in [0.29, 0.717) is 11.8 Å². The molecular weight excluding hydrogens is 320 g/mol. The zero-order valence-corrected chi connectivity index (χ0v) is 16.5. The van der Waals surface area contributed by atoms with Gasteiger partial charge < -0.3 is 15.7 Å². The number of aromatic nitrogens is 1. The third kappa shape index (κ3) is 8.64. The fourth-order valence-corrected chi connectivity index (χ4v) is 3.41. The van der Waals surface area contributed by atoms with Crippen molar-refractivity contribution in [3.63, 3.8) is 0 Å². The number of guanidine groups is 1. The van der Waals surface area contributed by atoms with Gasteiger partial charge in [-0.3, -0.25) is 4.99 Å². The van der Waals surface area contributed by atoms with E-state index in [1.54, 1.807) is 11.3 Å². The predicted octanol–water partition coefficient (Wildman–Crippen LogP) is 2.85. The summed E-state index contributed by atoms with van der Waals surface area (Å²) < 4.78 is 0. The third-order valence-electron chi connectivity index (χ3n) is 3.77. The minimum absolute atomic E-state index is 0.237. The first-order valence-electron chi connectivity index (χ1n) is 9.15. The maximum atomic E-state index is 9.22. The van der Waals surface area contributed by atoms with E-state index in [1.807, 2.05) is 0 Å². The number of hydrogen-bond acceptors (Lipinski definition) is 4. The maximum absolute atomic E-state index is 9.22. The van der Waals surface area contributed by atoms with Crippen molar-refractivity contribution in [1.29, 1.82) is 0 Å². The molecule has 6 heteroatoms. The SMILES string of the molecule is CCNC(=NCC(CCO)CC(C)C)NCCc1csc(CC)n1. The van der Waals surface area contributed by atoms with Crippen molar-refractivity contribution in [3.8, 4) is 0 Å². The van der Waals surface area contributed by atoms with Gasteiger partial charge in [0, 0.05) is 38.0 Å². The second kappa shape index (κ2) is 12.3. The van der Waals surface area contributed by atoms with Crippen molar-refractivity contribution in [2.45, 2.75) is 53.4 Å². The molecule has 0 saturated carbocycles. The molecule has 0 aliphatic heterocycles. The van der Waals surface area contributed by atoms with Gasteiger partial charge in [-0.1, -0.05) is 20.8 Å². The second-order valence-electron chi connectivity index (χ2n) is 6.49. The molecule has 0 bridgehead atoms. The highest BCUT2D eigenvalue weighted by molar-refractivity contribution is 7.09. The predicted molar refractivity (Wildman–Crippen MR) is 104 cm³/mol. The molecular formula is C18H34N4OS. The highest BCUT2D eigenvalue weighted by atomic mass is 32.1. The van der Waals surface area contributed by atoms with Crippen LogP contribution in [0.5, 0.6) is 0 Å². The van der Waals surface area contributed by atoms with E-state index in [0.717, 1.165) is 57.0 Å². The lowest BCUT2D eigenvalue weighted by Crippen LogP contribution is -2.38. The Morgan fingerprint density at radius 3 is 2.71 bits per heavy atom. The van der Waals surface area contributed by atoms with Crippen molar-refractivity contribution in [1.82, 2.24) is 15.6 Å². The Balaban J connectivity index is 2.48. The normalized spacial score (nSPS) is 13.3. The minimum Gasteiger partial charge on any atom is -0.396 e. The molecule has 138 valence electrons. The summed E-state index contributed by atoms with van der Waals surface area (Å²) in [7, 11) is 0. The largest absolute Gasteiger partial charge is 0.396 e. The summed E-state index contributed by atoms with van der Waals surface area (Å²) in [4.78, 5) is 9.30.